The number of ether oxygens (including phenoxy) is 2. The van der Waals surface area contributed by atoms with Gasteiger partial charge in [-0.25, -0.2) is 13.4 Å². The number of H-pyrrole nitrogens is 1. The minimum Gasteiger partial charge on any atom is -0.457 e. The Morgan fingerprint density at radius 2 is 0.848 bits per heavy atom. The first-order valence-corrected chi connectivity index (χ1v) is 16.2. The van der Waals surface area contributed by atoms with Gasteiger partial charge in [-0.3, -0.25) is 0 Å². The molecule has 0 fully saturated rings. The van der Waals surface area contributed by atoms with Crippen molar-refractivity contribution in [2.24, 2.45) is 0 Å². The van der Waals surface area contributed by atoms with Crippen molar-refractivity contribution in [2.75, 3.05) is 0 Å². The van der Waals surface area contributed by atoms with Crippen molar-refractivity contribution in [1.82, 2.24) is 9.97 Å². The zero-order valence-corrected chi connectivity index (χ0v) is 25.4. The van der Waals surface area contributed by atoms with Gasteiger partial charge in [0.15, 0.2) is 0 Å². The van der Waals surface area contributed by atoms with Crippen LogP contribution in [0.15, 0.2) is 174 Å². The van der Waals surface area contributed by atoms with Crippen LogP contribution in [0.4, 0.5) is 0 Å². The number of nitrogens with one attached hydrogen (secondary N) is 1. The van der Waals surface area contributed by atoms with E-state index in [0.717, 1.165) is 39.6 Å². The topological polar surface area (TPSA) is 81.3 Å². The minimum atomic E-state index is -3.63. The fourth-order valence-corrected chi connectivity index (χ4v) is 6.36. The zero-order chi connectivity index (χ0) is 31.3. The van der Waals surface area contributed by atoms with Gasteiger partial charge in [0, 0.05) is 16.7 Å². The summed E-state index contributed by atoms with van der Waals surface area (Å²) in [6, 6.07) is 50.1. The fraction of sp³-hybridized carbons (Fsp3) is 0. The maximum Gasteiger partial charge on any atom is 0.206 e. The van der Waals surface area contributed by atoms with E-state index in [1.54, 1.807) is 54.6 Å². The summed E-state index contributed by atoms with van der Waals surface area (Å²) < 4.78 is 38.3. The van der Waals surface area contributed by atoms with Gasteiger partial charge in [0.2, 0.25) is 9.84 Å². The highest BCUT2D eigenvalue weighted by molar-refractivity contribution is 7.91. The molecular formula is C39H28N2O4S. The Hall–Kier alpha value is -5.92. The van der Waals surface area contributed by atoms with E-state index in [1.165, 1.54) is 0 Å². The molecule has 46 heavy (non-hydrogen) atoms. The number of aromatic nitrogens is 2. The van der Waals surface area contributed by atoms with Crippen molar-refractivity contribution >= 4 is 9.84 Å². The largest absolute Gasteiger partial charge is 0.457 e. The van der Waals surface area contributed by atoms with E-state index in [4.69, 9.17) is 14.5 Å². The molecule has 1 aromatic heterocycles. The highest BCUT2D eigenvalue weighted by atomic mass is 32.2. The fourth-order valence-electron chi connectivity index (χ4n) is 5.08. The number of imidazole rings is 1. The summed E-state index contributed by atoms with van der Waals surface area (Å²) in [5.41, 5.74) is 4.14. The molecule has 7 rings (SSSR count). The van der Waals surface area contributed by atoms with E-state index in [9.17, 15) is 8.42 Å². The Kier molecular flexibility index (Phi) is 7.89. The third kappa shape index (κ3) is 6.18. The van der Waals surface area contributed by atoms with Crippen molar-refractivity contribution < 1.29 is 17.9 Å². The normalized spacial score (nSPS) is 11.2. The summed E-state index contributed by atoms with van der Waals surface area (Å²) in [6.07, 6.45) is 0. The molecule has 0 aliphatic rings. The highest BCUT2D eigenvalue weighted by Crippen LogP contribution is 2.36. The molecule has 1 heterocycles. The number of hydrogen-bond donors (Lipinski definition) is 1. The molecule has 0 aliphatic heterocycles. The first-order valence-electron chi connectivity index (χ1n) is 14.7. The lowest BCUT2D eigenvalue weighted by molar-refractivity contribution is 0.482. The molecule has 0 amide bonds. The van der Waals surface area contributed by atoms with Crippen molar-refractivity contribution in [3.05, 3.63) is 164 Å². The van der Waals surface area contributed by atoms with Crippen LogP contribution < -0.4 is 9.47 Å². The highest BCUT2D eigenvalue weighted by Gasteiger charge is 2.19. The van der Waals surface area contributed by atoms with Crippen LogP contribution in [-0.4, -0.2) is 18.4 Å². The number of rotatable bonds is 9. The smallest absolute Gasteiger partial charge is 0.206 e. The SMILES string of the molecule is O=S(=O)(c1ccccc1)c1ccc(-c2nc(-c3ccc(Oc4ccccc4)cc3)c(-c3ccc(Oc4ccccc4)cc3)[nH]2)cc1. The quantitative estimate of drug-likeness (QED) is 0.174. The van der Waals surface area contributed by atoms with Gasteiger partial charge in [0.25, 0.3) is 0 Å². The first kappa shape index (κ1) is 28.8. The molecule has 0 atom stereocenters. The van der Waals surface area contributed by atoms with E-state index >= 15 is 0 Å². The molecule has 0 saturated carbocycles. The van der Waals surface area contributed by atoms with Crippen LogP contribution >= 0.6 is 0 Å². The molecule has 1 N–H and O–H groups in total. The van der Waals surface area contributed by atoms with Crippen LogP contribution in [0.25, 0.3) is 33.9 Å². The van der Waals surface area contributed by atoms with Gasteiger partial charge in [0.05, 0.1) is 21.2 Å². The Labute approximate surface area is 267 Å². The summed E-state index contributed by atoms with van der Waals surface area (Å²) in [7, 11) is -3.63. The lowest BCUT2D eigenvalue weighted by atomic mass is 10.0. The molecule has 224 valence electrons. The second-order valence-electron chi connectivity index (χ2n) is 10.5. The van der Waals surface area contributed by atoms with Crippen molar-refractivity contribution in [3.63, 3.8) is 0 Å². The number of benzene rings is 6. The average molecular weight is 621 g/mol. The van der Waals surface area contributed by atoms with E-state index in [0.29, 0.717) is 17.3 Å². The second-order valence-corrected chi connectivity index (χ2v) is 12.5. The van der Waals surface area contributed by atoms with Crippen LogP contribution in [0.2, 0.25) is 0 Å². The number of nitrogens with zero attached hydrogens (tertiary/aromatic N) is 1. The van der Waals surface area contributed by atoms with Gasteiger partial charge in [0.1, 0.15) is 28.8 Å². The van der Waals surface area contributed by atoms with Crippen LogP contribution in [0.3, 0.4) is 0 Å². The van der Waals surface area contributed by atoms with Gasteiger partial charge in [-0.1, -0.05) is 54.6 Å². The molecule has 0 saturated heterocycles. The first-order chi connectivity index (χ1) is 22.5. The monoisotopic (exact) mass is 620 g/mol. The van der Waals surface area contributed by atoms with Crippen LogP contribution in [0.1, 0.15) is 0 Å². The Bertz CT molecular complexity index is 2060. The number of sulfone groups is 1. The van der Waals surface area contributed by atoms with E-state index in [-0.39, 0.29) is 9.79 Å². The van der Waals surface area contributed by atoms with Gasteiger partial charge < -0.3 is 14.5 Å². The maximum atomic E-state index is 13.2. The van der Waals surface area contributed by atoms with Crippen LogP contribution in [0, 0.1) is 0 Å². The van der Waals surface area contributed by atoms with Gasteiger partial charge in [-0.15, -0.1) is 0 Å². The Morgan fingerprint density at radius 3 is 1.37 bits per heavy atom. The summed E-state index contributed by atoms with van der Waals surface area (Å²) >= 11 is 0. The van der Waals surface area contributed by atoms with Gasteiger partial charge in [-0.05, 0) is 109 Å². The van der Waals surface area contributed by atoms with Crippen LogP contribution in [-0.2, 0) is 9.84 Å². The van der Waals surface area contributed by atoms with E-state index in [1.807, 2.05) is 109 Å². The predicted octanol–water partition coefficient (Wildman–Crippen LogP) is 9.83. The molecule has 0 radical (unpaired) electrons. The predicted molar refractivity (Wildman–Crippen MR) is 180 cm³/mol. The minimum absolute atomic E-state index is 0.220. The third-order valence-corrected chi connectivity index (χ3v) is 9.21. The molecule has 6 nitrogen and oxygen atoms in total. The summed E-state index contributed by atoms with van der Waals surface area (Å²) in [6.45, 7) is 0. The standard InChI is InChI=1S/C39H28N2O4S/c42-46(43,35-14-8-3-9-15-35)36-26-20-30(21-27-36)39-40-37(28-16-22-33(23-17-28)44-31-10-4-1-5-11-31)38(41-39)29-18-24-34(25-19-29)45-32-12-6-2-7-13-32/h1-27H,(H,40,41). The second kappa shape index (κ2) is 12.6. The third-order valence-electron chi connectivity index (χ3n) is 7.42. The molecule has 0 aliphatic carbocycles. The molecule has 7 heteroatoms. The van der Waals surface area contributed by atoms with Gasteiger partial charge in [-0.2, -0.15) is 0 Å². The number of hydrogen-bond acceptors (Lipinski definition) is 5. The van der Waals surface area contributed by atoms with Crippen molar-refractivity contribution in [1.29, 1.82) is 0 Å². The van der Waals surface area contributed by atoms with E-state index in [2.05, 4.69) is 4.98 Å². The molecular weight excluding hydrogens is 593 g/mol. The van der Waals surface area contributed by atoms with Gasteiger partial charge >= 0.3 is 0 Å². The molecule has 6 aromatic carbocycles. The molecule has 0 bridgehead atoms. The maximum absolute atomic E-state index is 13.2. The lowest BCUT2D eigenvalue weighted by Crippen LogP contribution is -2.01. The van der Waals surface area contributed by atoms with Crippen molar-refractivity contribution in [2.45, 2.75) is 9.79 Å². The summed E-state index contributed by atoms with van der Waals surface area (Å²) in [5.74, 6) is 3.56. The number of aromatic amines is 1. The lowest BCUT2D eigenvalue weighted by Gasteiger charge is -2.08. The Balaban J connectivity index is 1.23. The molecule has 0 spiro atoms. The zero-order valence-electron chi connectivity index (χ0n) is 24.6. The Morgan fingerprint density at radius 1 is 0.435 bits per heavy atom. The van der Waals surface area contributed by atoms with E-state index < -0.39 is 9.84 Å². The average Bonchev–Trinajstić information content (AvgIpc) is 3.56. The number of para-hydroxylation sites is 2. The van der Waals surface area contributed by atoms with Crippen molar-refractivity contribution in [3.8, 4) is 56.9 Å². The molecule has 0 unspecified atom stereocenters. The van der Waals surface area contributed by atoms with Crippen LogP contribution in [0.5, 0.6) is 23.0 Å². The molecule has 7 aromatic rings. The summed E-state index contributed by atoms with van der Waals surface area (Å²) in [4.78, 5) is 8.97. The summed E-state index contributed by atoms with van der Waals surface area (Å²) in [5, 5.41) is 0.